The van der Waals surface area contributed by atoms with Crippen LogP contribution in [0, 0.1) is 12.7 Å². The highest BCUT2D eigenvalue weighted by Gasteiger charge is 2.10. The fraction of sp³-hybridized carbons (Fsp3) is 0.154. The van der Waals surface area contributed by atoms with Crippen LogP contribution in [0.3, 0.4) is 0 Å². The monoisotopic (exact) mass is 276 g/mol. The van der Waals surface area contributed by atoms with Gasteiger partial charge in [-0.15, -0.1) is 0 Å². The SMILES string of the molecule is Cc1cnc(CNc2cccc(F)c2C(N)=S)cn1. The number of aryl methyl sites for hydroxylation is 1. The average molecular weight is 276 g/mol. The number of nitrogens with two attached hydrogens (primary N) is 1. The van der Waals surface area contributed by atoms with Gasteiger partial charge >= 0.3 is 0 Å². The molecule has 0 aliphatic rings. The fourth-order valence-electron chi connectivity index (χ4n) is 1.62. The second-order valence-corrected chi connectivity index (χ2v) is 4.47. The van der Waals surface area contributed by atoms with Crippen molar-refractivity contribution < 1.29 is 4.39 Å². The lowest BCUT2D eigenvalue weighted by Crippen LogP contribution is -2.15. The van der Waals surface area contributed by atoms with Crippen molar-refractivity contribution in [3.63, 3.8) is 0 Å². The quantitative estimate of drug-likeness (QED) is 0.838. The van der Waals surface area contributed by atoms with E-state index in [9.17, 15) is 4.39 Å². The van der Waals surface area contributed by atoms with Crippen LogP contribution in [-0.4, -0.2) is 15.0 Å². The first-order valence-corrected chi connectivity index (χ1v) is 6.08. The Bertz CT molecular complexity index is 598. The van der Waals surface area contributed by atoms with Crippen molar-refractivity contribution >= 4 is 22.9 Å². The van der Waals surface area contributed by atoms with Gasteiger partial charge in [-0.05, 0) is 19.1 Å². The molecule has 0 bridgehead atoms. The molecule has 6 heteroatoms. The largest absolute Gasteiger partial charge is 0.389 e. The predicted octanol–water partition coefficient (Wildman–Crippen LogP) is 2.17. The van der Waals surface area contributed by atoms with E-state index in [1.54, 1.807) is 24.5 Å². The highest BCUT2D eigenvalue weighted by Crippen LogP contribution is 2.19. The number of nitrogens with zero attached hydrogens (tertiary/aromatic N) is 2. The van der Waals surface area contributed by atoms with Gasteiger partial charge < -0.3 is 11.1 Å². The van der Waals surface area contributed by atoms with Crippen LogP contribution in [0.5, 0.6) is 0 Å². The Morgan fingerprint density at radius 2 is 2.16 bits per heavy atom. The zero-order valence-electron chi connectivity index (χ0n) is 10.4. The van der Waals surface area contributed by atoms with E-state index >= 15 is 0 Å². The predicted molar refractivity (Wildman–Crippen MR) is 76.4 cm³/mol. The van der Waals surface area contributed by atoms with E-state index in [0.717, 1.165) is 11.4 Å². The fourth-order valence-corrected chi connectivity index (χ4v) is 1.83. The third kappa shape index (κ3) is 3.23. The van der Waals surface area contributed by atoms with Gasteiger partial charge in [0, 0.05) is 11.9 Å². The third-order valence-electron chi connectivity index (χ3n) is 2.55. The maximum atomic E-state index is 13.6. The standard InChI is InChI=1S/C13H13FN4S/c1-8-5-17-9(6-16-8)7-18-11-4-2-3-10(14)12(11)13(15)19/h2-6,18H,7H2,1H3,(H2,15,19). The minimum Gasteiger partial charge on any atom is -0.389 e. The van der Waals surface area contributed by atoms with Gasteiger partial charge in [-0.3, -0.25) is 9.97 Å². The Morgan fingerprint density at radius 3 is 2.79 bits per heavy atom. The maximum Gasteiger partial charge on any atom is 0.135 e. The molecule has 98 valence electrons. The highest BCUT2D eigenvalue weighted by atomic mass is 32.1. The molecule has 1 aromatic heterocycles. The van der Waals surface area contributed by atoms with Crippen LogP contribution in [0.2, 0.25) is 0 Å². The minimum absolute atomic E-state index is 0.0237. The van der Waals surface area contributed by atoms with Gasteiger partial charge in [0.05, 0.1) is 29.7 Å². The summed E-state index contributed by atoms with van der Waals surface area (Å²) in [4.78, 5) is 8.37. The Hall–Kier alpha value is -2.08. The van der Waals surface area contributed by atoms with Crippen molar-refractivity contribution in [2.45, 2.75) is 13.5 Å². The van der Waals surface area contributed by atoms with E-state index in [1.165, 1.54) is 6.07 Å². The number of nitrogens with one attached hydrogen (secondary N) is 1. The Morgan fingerprint density at radius 1 is 1.37 bits per heavy atom. The molecule has 0 saturated carbocycles. The molecular weight excluding hydrogens is 263 g/mol. The summed E-state index contributed by atoms with van der Waals surface area (Å²) in [5, 5.41) is 3.06. The Labute approximate surface area is 115 Å². The Kier molecular flexibility index (Phi) is 4.01. The van der Waals surface area contributed by atoms with Crippen molar-refractivity contribution in [2.24, 2.45) is 5.73 Å². The van der Waals surface area contributed by atoms with Crippen molar-refractivity contribution in [1.82, 2.24) is 9.97 Å². The molecule has 1 heterocycles. The molecule has 4 nitrogen and oxygen atoms in total. The number of thiocarbonyl (C=S) groups is 1. The van der Waals surface area contributed by atoms with Gasteiger partial charge in [0.1, 0.15) is 10.8 Å². The second-order valence-electron chi connectivity index (χ2n) is 4.03. The van der Waals surface area contributed by atoms with E-state index in [0.29, 0.717) is 12.2 Å². The molecule has 0 atom stereocenters. The van der Waals surface area contributed by atoms with Gasteiger partial charge in [-0.25, -0.2) is 4.39 Å². The Balaban J connectivity index is 2.18. The number of hydrogen-bond donors (Lipinski definition) is 2. The summed E-state index contributed by atoms with van der Waals surface area (Å²) in [6.07, 6.45) is 3.35. The lowest BCUT2D eigenvalue weighted by molar-refractivity contribution is 0.626. The van der Waals surface area contributed by atoms with Gasteiger partial charge in [-0.2, -0.15) is 0 Å². The number of hydrogen-bond acceptors (Lipinski definition) is 4. The van der Waals surface area contributed by atoms with Crippen molar-refractivity contribution in [3.8, 4) is 0 Å². The summed E-state index contributed by atoms with van der Waals surface area (Å²) in [5.41, 5.74) is 7.90. The molecule has 2 rings (SSSR count). The van der Waals surface area contributed by atoms with Gasteiger partial charge in [0.15, 0.2) is 0 Å². The van der Waals surface area contributed by atoms with Gasteiger partial charge in [-0.1, -0.05) is 18.3 Å². The molecule has 1 aromatic carbocycles. The number of rotatable bonds is 4. The molecule has 0 spiro atoms. The first kappa shape index (κ1) is 13.4. The molecule has 0 amide bonds. The van der Waals surface area contributed by atoms with Crippen molar-refractivity contribution in [2.75, 3.05) is 5.32 Å². The van der Waals surface area contributed by atoms with Crippen molar-refractivity contribution in [3.05, 3.63) is 53.4 Å². The molecule has 19 heavy (non-hydrogen) atoms. The van der Waals surface area contributed by atoms with Crippen LogP contribution in [0.15, 0.2) is 30.6 Å². The van der Waals surface area contributed by atoms with E-state index in [4.69, 9.17) is 18.0 Å². The van der Waals surface area contributed by atoms with Crippen LogP contribution >= 0.6 is 12.2 Å². The zero-order chi connectivity index (χ0) is 13.8. The topological polar surface area (TPSA) is 63.8 Å². The molecule has 0 saturated heterocycles. The van der Waals surface area contributed by atoms with Crippen LogP contribution < -0.4 is 11.1 Å². The van der Waals surface area contributed by atoms with Crippen LogP contribution in [0.1, 0.15) is 17.0 Å². The number of benzene rings is 1. The van der Waals surface area contributed by atoms with E-state index in [1.807, 2.05) is 6.92 Å². The lowest BCUT2D eigenvalue weighted by atomic mass is 10.1. The smallest absolute Gasteiger partial charge is 0.135 e. The number of halogens is 1. The first-order chi connectivity index (χ1) is 9.08. The van der Waals surface area contributed by atoms with E-state index in [-0.39, 0.29) is 10.6 Å². The van der Waals surface area contributed by atoms with Crippen molar-refractivity contribution in [1.29, 1.82) is 0 Å². The number of anilines is 1. The third-order valence-corrected chi connectivity index (χ3v) is 2.76. The molecular formula is C13H13FN4S. The second kappa shape index (κ2) is 5.71. The minimum atomic E-state index is -0.438. The molecule has 2 aromatic rings. The lowest BCUT2D eigenvalue weighted by Gasteiger charge is -2.11. The van der Waals surface area contributed by atoms with Crippen LogP contribution in [0.4, 0.5) is 10.1 Å². The van der Waals surface area contributed by atoms with Gasteiger partial charge in [0.2, 0.25) is 0 Å². The van der Waals surface area contributed by atoms with Crippen LogP contribution in [-0.2, 0) is 6.54 Å². The molecule has 0 aliphatic carbocycles. The molecule has 0 fully saturated rings. The number of aromatic nitrogens is 2. The summed E-state index contributed by atoms with van der Waals surface area (Å²) < 4.78 is 13.6. The molecule has 3 N–H and O–H groups in total. The summed E-state index contributed by atoms with van der Waals surface area (Å²) in [6.45, 7) is 2.29. The maximum absolute atomic E-state index is 13.6. The molecule has 0 unspecified atom stereocenters. The van der Waals surface area contributed by atoms with E-state index in [2.05, 4.69) is 15.3 Å². The molecule has 0 radical (unpaired) electrons. The summed E-state index contributed by atoms with van der Waals surface area (Å²) in [7, 11) is 0. The molecule has 0 aliphatic heterocycles. The summed E-state index contributed by atoms with van der Waals surface area (Å²) in [6, 6.07) is 4.64. The zero-order valence-corrected chi connectivity index (χ0v) is 11.2. The average Bonchev–Trinajstić information content (AvgIpc) is 2.37. The van der Waals surface area contributed by atoms with Gasteiger partial charge in [0.25, 0.3) is 0 Å². The van der Waals surface area contributed by atoms with E-state index < -0.39 is 5.82 Å². The summed E-state index contributed by atoms with van der Waals surface area (Å²) in [5.74, 6) is -0.438. The first-order valence-electron chi connectivity index (χ1n) is 5.67. The highest BCUT2D eigenvalue weighted by molar-refractivity contribution is 7.80. The summed E-state index contributed by atoms with van der Waals surface area (Å²) >= 11 is 4.85. The normalized spacial score (nSPS) is 10.2. The van der Waals surface area contributed by atoms with Crippen LogP contribution in [0.25, 0.3) is 0 Å².